The fourth-order valence-electron chi connectivity index (χ4n) is 5.07. The summed E-state index contributed by atoms with van der Waals surface area (Å²) in [6.07, 6.45) is 3.23. The molecular weight excluding hydrogens is 495 g/mol. The number of hydrogen-bond acceptors (Lipinski definition) is 7. The molecule has 3 aliphatic rings. The van der Waals surface area contributed by atoms with E-state index in [1.165, 1.54) is 12.7 Å². The van der Waals surface area contributed by atoms with E-state index in [-0.39, 0.29) is 17.2 Å². The van der Waals surface area contributed by atoms with Crippen LogP contribution in [-0.4, -0.2) is 88.6 Å². The summed E-state index contributed by atoms with van der Waals surface area (Å²) in [6, 6.07) is 3.43. The number of nitrogens with zero attached hydrogens (tertiary/aromatic N) is 5. The number of furan rings is 1. The van der Waals surface area contributed by atoms with E-state index in [1.807, 2.05) is 11.9 Å². The minimum Gasteiger partial charge on any atom is -0.475 e. The number of aliphatic carboxylic acids is 1. The molecule has 0 aliphatic carbocycles. The fourth-order valence-corrected chi connectivity index (χ4v) is 5.07. The summed E-state index contributed by atoms with van der Waals surface area (Å²) in [4.78, 5) is 49.8. The number of hydrogen-bond donors (Lipinski definition) is 1. The zero-order valence-corrected chi connectivity index (χ0v) is 20.3. The standard InChI is InChI=1S/C22H27N5O3.C2HF3O2/c1-25-15-22(7-11-26(12-8-22)20(29)17-6-5-13-30-17)18-16(19(25)28)14-23-21(24-18)27-9-3-2-4-10-27;3-2(4,5)1(6)7/h5-6,13-14H,2-4,7-12,15H2,1H3;(H,6,7). The molecule has 0 aromatic carbocycles. The van der Waals surface area contributed by atoms with Crippen molar-refractivity contribution in [3.63, 3.8) is 0 Å². The van der Waals surface area contributed by atoms with Crippen molar-refractivity contribution in [1.29, 1.82) is 0 Å². The highest BCUT2D eigenvalue weighted by atomic mass is 19.4. The number of anilines is 1. The summed E-state index contributed by atoms with van der Waals surface area (Å²) < 4.78 is 37.0. The predicted octanol–water partition coefficient (Wildman–Crippen LogP) is 2.95. The Morgan fingerprint density at radius 2 is 1.76 bits per heavy atom. The lowest BCUT2D eigenvalue weighted by Crippen LogP contribution is -2.54. The van der Waals surface area contributed by atoms with Crippen molar-refractivity contribution >= 4 is 23.7 Å². The van der Waals surface area contributed by atoms with Gasteiger partial charge >= 0.3 is 12.1 Å². The van der Waals surface area contributed by atoms with Crippen molar-refractivity contribution in [3.8, 4) is 0 Å². The summed E-state index contributed by atoms with van der Waals surface area (Å²) in [5, 5.41) is 7.12. The normalized spacial score (nSPS) is 19.2. The molecule has 0 saturated carbocycles. The first-order valence-corrected chi connectivity index (χ1v) is 12.0. The Balaban J connectivity index is 0.000000405. The molecule has 2 saturated heterocycles. The summed E-state index contributed by atoms with van der Waals surface area (Å²) >= 11 is 0. The van der Waals surface area contributed by atoms with Gasteiger partial charge in [-0.15, -0.1) is 0 Å². The second-order valence-corrected chi connectivity index (χ2v) is 9.49. The second-order valence-electron chi connectivity index (χ2n) is 9.49. The highest BCUT2D eigenvalue weighted by Crippen LogP contribution is 2.41. The van der Waals surface area contributed by atoms with Gasteiger partial charge in [0.15, 0.2) is 5.76 Å². The Kier molecular flexibility index (Phi) is 7.42. The van der Waals surface area contributed by atoms with E-state index in [2.05, 4.69) is 9.88 Å². The van der Waals surface area contributed by atoms with E-state index in [4.69, 9.17) is 19.3 Å². The van der Waals surface area contributed by atoms with Crippen molar-refractivity contribution in [2.45, 2.75) is 43.7 Å². The molecular formula is C24H28F3N5O5. The van der Waals surface area contributed by atoms with E-state index < -0.39 is 12.1 Å². The third-order valence-corrected chi connectivity index (χ3v) is 7.02. The number of likely N-dealkylation sites (N-methyl/N-ethyl adjacent to an activating group) is 1. The van der Waals surface area contributed by atoms with Crippen LogP contribution in [0, 0.1) is 0 Å². The molecule has 5 heterocycles. The highest BCUT2D eigenvalue weighted by molar-refractivity contribution is 5.97. The van der Waals surface area contributed by atoms with E-state index >= 15 is 0 Å². The molecule has 1 N–H and O–H groups in total. The molecule has 200 valence electrons. The SMILES string of the molecule is CN1CC2(CCN(C(=O)c3ccco3)CC2)c2nc(N3CCCCC3)ncc2C1=O.O=C(O)C(F)(F)F. The van der Waals surface area contributed by atoms with Gasteiger partial charge in [-0.25, -0.2) is 14.8 Å². The number of alkyl halides is 3. The molecule has 13 heteroatoms. The number of halogens is 3. The van der Waals surface area contributed by atoms with Crippen LogP contribution in [0.1, 0.15) is 58.7 Å². The number of carbonyl (C=O) groups excluding carboxylic acids is 2. The summed E-state index contributed by atoms with van der Waals surface area (Å²) in [7, 11) is 1.84. The maximum atomic E-state index is 12.8. The number of carboxylic acids is 1. The summed E-state index contributed by atoms with van der Waals surface area (Å²) in [6.45, 7) is 3.78. The van der Waals surface area contributed by atoms with Gasteiger partial charge < -0.3 is 24.2 Å². The number of aromatic nitrogens is 2. The summed E-state index contributed by atoms with van der Waals surface area (Å²) in [5.74, 6) is -1.74. The topological polar surface area (TPSA) is 120 Å². The molecule has 2 aromatic heterocycles. The highest BCUT2D eigenvalue weighted by Gasteiger charge is 2.46. The Bertz CT molecular complexity index is 1140. The van der Waals surface area contributed by atoms with Crippen LogP contribution in [-0.2, 0) is 10.2 Å². The van der Waals surface area contributed by atoms with Crippen molar-refractivity contribution in [1.82, 2.24) is 19.8 Å². The molecule has 2 aromatic rings. The van der Waals surface area contributed by atoms with E-state index in [9.17, 15) is 22.8 Å². The number of carbonyl (C=O) groups is 3. The van der Waals surface area contributed by atoms with Crippen molar-refractivity contribution in [2.75, 3.05) is 44.7 Å². The second kappa shape index (κ2) is 10.4. The molecule has 10 nitrogen and oxygen atoms in total. The first-order chi connectivity index (χ1) is 17.5. The van der Waals surface area contributed by atoms with Gasteiger partial charge in [0, 0.05) is 51.4 Å². The molecule has 37 heavy (non-hydrogen) atoms. The van der Waals surface area contributed by atoms with Crippen LogP contribution >= 0.6 is 0 Å². The Morgan fingerprint density at radius 1 is 1.11 bits per heavy atom. The van der Waals surface area contributed by atoms with Gasteiger partial charge in [-0.2, -0.15) is 13.2 Å². The smallest absolute Gasteiger partial charge is 0.475 e. The lowest BCUT2D eigenvalue weighted by Gasteiger charge is -2.46. The maximum absolute atomic E-state index is 12.8. The lowest BCUT2D eigenvalue weighted by atomic mass is 9.71. The largest absolute Gasteiger partial charge is 0.490 e. The average Bonchev–Trinajstić information content (AvgIpc) is 3.43. The van der Waals surface area contributed by atoms with Crippen molar-refractivity contribution < 1.29 is 37.1 Å². The van der Waals surface area contributed by atoms with Gasteiger partial charge in [0.25, 0.3) is 11.8 Å². The zero-order valence-electron chi connectivity index (χ0n) is 20.3. The van der Waals surface area contributed by atoms with E-state index in [0.29, 0.717) is 31.0 Å². The van der Waals surface area contributed by atoms with Crippen LogP contribution in [0.5, 0.6) is 0 Å². The van der Waals surface area contributed by atoms with Crippen LogP contribution in [0.2, 0.25) is 0 Å². The van der Waals surface area contributed by atoms with Crippen LogP contribution in [0.4, 0.5) is 19.1 Å². The summed E-state index contributed by atoms with van der Waals surface area (Å²) in [5.41, 5.74) is 1.23. The third kappa shape index (κ3) is 5.54. The Labute approximate surface area is 211 Å². The lowest BCUT2D eigenvalue weighted by molar-refractivity contribution is -0.192. The Hall–Kier alpha value is -3.64. The van der Waals surface area contributed by atoms with Gasteiger partial charge in [-0.1, -0.05) is 0 Å². The molecule has 2 fully saturated rings. The van der Waals surface area contributed by atoms with E-state index in [1.54, 1.807) is 23.2 Å². The number of likely N-dealkylation sites (tertiary alicyclic amines) is 1. The van der Waals surface area contributed by atoms with Crippen LogP contribution in [0.25, 0.3) is 0 Å². The number of fused-ring (bicyclic) bond motifs is 2. The quantitative estimate of drug-likeness (QED) is 0.638. The van der Waals surface area contributed by atoms with Crippen molar-refractivity contribution in [3.05, 3.63) is 41.6 Å². The predicted molar refractivity (Wildman–Crippen MR) is 124 cm³/mol. The number of rotatable bonds is 2. The molecule has 2 amide bonds. The van der Waals surface area contributed by atoms with Crippen LogP contribution in [0.15, 0.2) is 29.0 Å². The molecule has 0 unspecified atom stereocenters. The van der Waals surface area contributed by atoms with E-state index in [0.717, 1.165) is 50.4 Å². The minimum atomic E-state index is -5.08. The molecule has 3 aliphatic heterocycles. The van der Waals surface area contributed by atoms with Gasteiger partial charge in [0.2, 0.25) is 5.95 Å². The van der Waals surface area contributed by atoms with Crippen LogP contribution in [0.3, 0.4) is 0 Å². The Morgan fingerprint density at radius 3 is 2.32 bits per heavy atom. The zero-order chi connectivity index (χ0) is 26.8. The minimum absolute atomic E-state index is 0.0186. The maximum Gasteiger partial charge on any atom is 0.490 e. The van der Waals surface area contributed by atoms with Crippen molar-refractivity contribution in [2.24, 2.45) is 0 Å². The third-order valence-electron chi connectivity index (χ3n) is 7.02. The van der Waals surface area contributed by atoms with Gasteiger partial charge in [-0.05, 0) is 44.2 Å². The molecule has 5 rings (SSSR count). The fraction of sp³-hybridized carbons (Fsp3) is 0.542. The number of piperidine rings is 2. The number of amides is 2. The first-order valence-electron chi connectivity index (χ1n) is 12.0. The molecule has 0 bridgehead atoms. The molecule has 0 atom stereocenters. The van der Waals surface area contributed by atoms with Gasteiger partial charge in [-0.3, -0.25) is 9.59 Å². The average molecular weight is 524 g/mol. The molecule has 0 radical (unpaired) electrons. The van der Waals surface area contributed by atoms with Crippen LogP contribution < -0.4 is 4.90 Å². The van der Waals surface area contributed by atoms with Gasteiger partial charge in [0.05, 0.1) is 17.5 Å². The van der Waals surface area contributed by atoms with Gasteiger partial charge in [0.1, 0.15) is 0 Å². The number of carboxylic acid groups (broad SMARTS) is 1. The monoisotopic (exact) mass is 523 g/mol. The molecule has 1 spiro atoms. The first kappa shape index (κ1) is 26.4.